The summed E-state index contributed by atoms with van der Waals surface area (Å²) in [7, 11) is -2.09. The molecule has 9 heteroatoms. The minimum absolute atomic E-state index is 0.238. The Morgan fingerprint density at radius 3 is 2.60 bits per heavy atom. The number of nitrogens with one attached hydrogen (secondary N) is 1. The summed E-state index contributed by atoms with van der Waals surface area (Å²) in [6, 6.07) is 8.69. The molecule has 0 aliphatic carbocycles. The van der Waals surface area contributed by atoms with Gasteiger partial charge in [-0.1, -0.05) is 0 Å². The molecule has 1 aromatic heterocycles. The quantitative estimate of drug-likeness (QED) is 0.662. The SMILES string of the molecule is CNC(=O)c1c(-c2ccc(F)cc2)oc2cc3c(cc12)C(O)CCCN3S(C)(=O)=O. The molecule has 1 atom stereocenters. The zero-order valence-corrected chi connectivity index (χ0v) is 17.3. The molecule has 1 aliphatic heterocycles. The zero-order chi connectivity index (χ0) is 21.6. The Balaban J connectivity index is 2.03. The van der Waals surface area contributed by atoms with Crippen LogP contribution in [0.3, 0.4) is 0 Å². The number of aliphatic hydroxyl groups excluding tert-OH is 1. The van der Waals surface area contributed by atoms with E-state index >= 15 is 0 Å². The number of nitrogens with zero attached hydrogens (tertiary/aromatic N) is 1. The fraction of sp³-hybridized carbons (Fsp3) is 0.286. The summed E-state index contributed by atoms with van der Waals surface area (Å²) < 4.78 is 45.3. The first kappa shape index (κ1) is 20.4. The number of furan rings is 1. The van der Waals surface area contributed by atoms with Crippen molar-refractivity contribution in [2.24, 2.45) is 0 Å². The molecule has 0 spiro atoms. The van der Waals surface area contributed by atoms with Crippen molar-refractivity contribution in [1.82, 2.24) is 5.32 Å². The van der Waals surface area contributed by atoms with Gasteiger partial charge in [-0.3, -0.25) is 9.10 Å². The number of aliphatic hydroxyl groups is 1. The Labute approximate surface area is 173 Å². The Kier molecular flexibility index (Phi) is 5.03. The van der Waals surface area contributed by atoms with Gasteiger partial charge in [0, 0.05) is 36.2 Å². The number of amides is 1. The highest BCUT2D eigenvalue weighted by atomic mass is 32.2. The summed E-state index contributed by atoms with van der Waals surface area (Å²) >= 11 is 0. The minimum Gasteiger partial charge on any atom is -0.455 e. The van der Waals surface area contributed by atoms with E-state index in [1.165, 1.54) is 35.6 Å². The molecular weight excluding hydrogens is 411 g/mol. The third kappa shape index (κ3) is 3.44. The van der Waals surface area contributed by atoms with Crippen LogP contribution in [-0.2, 0) is 10.0 Å². The highest BCUT2D eigenvalue weighted by Gasteiger charge is 2.30. The van der Waals surface area contributed by atoms with Crippen LogP contribution >= 0.6 is 0 Å². The lowest BCUT2D eigenvalue weighted by molar-refractivity contribution is 0.0964. The number of fused-ring (bicyclic) bond motifs is 2. The fourth-order valence-corrected chi connectivity index (χ4v) is 4.81. The molecule has 1 amide bonds. The monoisotopic (exact) mass is 432 g/mol. The van der Waals surface area contributed by atoms with Crippen LogP contribution in [0.1, 0.15) is 34.9 Å². The van der Waals surface area contributed by atoms with Gasteiger partial charge < -0.3 is 14.8 Å². The molecule has 2 aromatic carbocycles. The van der Waals surface area contributed by atoms with Gasteiger partial charge in [0.2, 0.25) is 10.0 Å². The molecule has 0 fully saturated rings. The van der Waals surface area contributed by atoms with Crippen LogP contribution in [0.4, 0.5) is 10.1 Å². The average Bonchev–Trinajstić information content (AvgIpc) is 2.98. The van der Waals surface area contributed by atoms with Crippen molar-refractivity contribution in [3.63, 3.8) is 0 Å². The van der Waals surface area contributed by atoms with E-state index in [0.717, 1.165) is 6.26 Å². The van der Waals surface area contributed by atoms with E-state index in [0.29, 0.717) is 40.6 Å². The van der Waals surface area contributed by atoms with E-state index in [4.69, 9.17) is 4.42 Å². The lowest BCUT2D eigenvalue weighted by Crippen LogP contribution is -2.30. The van der Waals surface area contributed by atoms with Crippen molar-refractivity contribution < 1.29 is 27.1 Å². The second kappa shape index (κ2) is 7.41. The number of sulfonamides is 1. The molecule has 0 saturated heterocycles. The van der Waals surface area contributed by atoms with Crippen LogP contribution in [0, 0.1) is 5.82 Å². The Bertz CT molecular complexity index is 1230. The summed E-state index contributed by atoms with van der Waals surface area (Å²) in [6.07, 6.45) is 1.12. The van der Waals surface area contributed by atoms with Crippen molar-refractivity contribution in [3.8, 4) is 11.3 Å². The van der Waals surface area contributed by atoms with E-state index in [2.05, 4.69) is 5.32 Å². The average molecular weight is 432 g/mol. The first-order valence-corrected chi connectivity index (χ1v) is 11.3. The van der Waals surface area contributed by atoms with Gasteiger partial charge in [0.25, 0.3) is 5.91 Å². The Hall–Kier alpha value is -2.91. The van der Waals surface area contributed by atoms with E-state index in [1.54, 1.807) is 12.1 Å². The first-order valence-electron chi connectivity index (χ1n) is 9.45. The van der Waals surface area contributed by atoms with Crippen molar-refractivity contribution in [2.45, 2.75) is 18.9 Å². The lowest BCUT2D eigenvalue weighted by atomic mass is 9.99. The largest absolute Gasteiger partial charge is 0.455 e. The number of hydrogen-bond acceptors (Lipinski definition) is 5. The molecule has 0 radical (unpaired) electrons. The fourth-order valence-electron chi connectivity index (χ4n) is 3.84. The van der Waals surface area contributed by atoms with Crippen LogP contribution in [0.15, 0.2) is 40.8 Å². The maximum absolute atomic E-state index is 13.4. The standard InChI is InChI=1S/C21H21FN2O5S/c1-23-21(26)19-15-10-14-16(24(30(2,27)28)9-3-4-17(14)25)11-18(15)29-20(19)12-5-7-13(22)8-6-12/h5-8,10-11,17,25H,3-4,9H2,1-2H3,(H,23,26). The molecule has 4 rings (SSSR count). The number of halogens is 1. The number of hydrogen-bond donors (Lipinski definition) is 2. The molecule has 7 nitrogen and oxygen atoms in total. The van der Waals surface area contributed by atoms with E-state index < -0.39 is 27.9 Å². The summed E-state index contributed by atoms with van der Waals surface area (Å²) in [4.78, 5) is 12.7. The Morgan fingerprint density at radius 2 is 1.97 bits per heavy atom. The van der Waals surface area contributed by atoms with Crippen molar-refractivity contribution in [2.75, 3.05) is 24.2 Å². The Morgan fingerprint density at radius 1 is 1.27 bits per heavy atom. The van der Waals surface area contributed by atoms with Gasteiger partial charge >= 0.3 is 0 Å². The van der Waals surface area contributed by atoms with Crippen LogP contribution in [0.2, 0.25) is 0 Å². The molecule has 3 aromatic rings. The number of carbonyl (C=O) groups excluding carboxylic acids is 1. The maximum Gasteiger partial charge on any atom is 0.255 e. The van der Waals surface area contributed by atoms with E-state index in [9.17, 15) is 22.7 Å². The van der Waals surface area contributed by atoms with Crippen LogP contribution in [0.25, 0.3) is 22.3 Å². The third-order valence-corrected chi connectivity index (χ3v) is 6.44. The molecule has 158 valence electrons. The zero-order valence-electron chi connectivity index (χ0n) is 16.5. The summed E-state index contributed by atoms with van der Waals surface area (Å²) in [6.45, 7) is 0.238. The number of benzene rings is 2. The van der Waals surface area contributed by atoms with Gasteiger partial charge in [-0.05, 0) is 43.2 Å². The van der Waals surface area contributed by atoms with Crippen molar-refractivity contribution in [1.29, 1.82) is 0 Å². The van der Waals surface area contributed by atoms with Crippen molar-refractivity contribution in [3.05, 3.63) is 53.3 Å². The second-order valence-electron chi connectivity index (χ2n) is 7.29. The number of rotatable bonds is 3. The van der Waals surface area contributed by atoms with Gasteiger partial charge in [0.05, 0.1) is 23.6 Å². The topological polar surface area (TPSA) is 99.8 Å². The smallest absolute Gasteiger partial charge is 0.255 e. The number of anilines is 1. The minimum atomic E-state index is -3.58. The van der Waals surface area contributed by atoms with Crippen LogP contribution in [0.5, 0.6) is 0 Å². The van der Waals surface area contributed by atoms with E-state index in [1.807, 2.05) is 0 Å². The molecule has 2 N–H and O–H groups in total. The third-order valence-electron chi connectivity index (χ3n) is 5.26. The molecule has 1 aliphatic rings. The van der Waals surface area contributed by atoms with Gasteiger partial charge in [-0.2, -0.15) is 0 Å². The molecule has 30 heavy (non-hydrogen) atoms. The first-order chi connectivity index (χ1) is 14.2. The van der Waals surface area contributed by atoms with Gasteiger partial charge in [0.1, 0.15) is 17.2 Å². The summed E-state index contributed by atoms with van der Waals surface area (Å²) in [5.74, 6) is -0.587. The van der Waals surface area contributed by atoms with Gasteiger partial charge in [0.15, 0.2) is 0 Å². The van der Waals surface area contributed by atoms with Crippen LogP contribution < -0.4 is 9.62 Å². The molecule has 0 bridgehead atoms. The molecule has 0 saturated carbocycles. The lowest BCUT2D eigenvalue weighted by Gasteiger charge is -2.22. The van der Waals surface area contributed by atoms with E-state index in [-0.39, 0.29) is 17.9 Å². The van der Waals surface area contributed by atoms with Gasteiger partial charge in [-0.25, -0.2) is 12.8 Å². The van der Waals surface area contributed by atoms with Gasteiger partial charge in [-0.15, -0.1) is 0 Å². The molecule has 2 heterocycles. The highest BCUT2D eigenvalue weighted by molar-refractivity contribution is 7.92. The van der Waals surface area contributed by atoms with Crippen LogP contribution in [-0.4, -0.2) is 39.3 Å². The normalized spacial score (nSPS) is 16.9. The predicted molar refractivity (Wildman–Crippen MR) is 111 cm³/mol. The number of carbonyl (C=O) groups is 1. The van der Waals surface area contributed by atoms with Crippen molar-refractivity contribution >= 4 is 32.6 Å². The second-order valence-corrected chi connectivity index (χ2v) is 9.20. The molecule has 1 unspecified atom stereocenters. The summed E-state index contributed by atoms with van der Waals surface area (Å²) in [5, 5.41) is 13.7. The summed E-state index contributed by atoms with van der Waals surface area (Å²) in [5.41, 5.74) is 1.79. The highest BCUT2D eigenvalue weighted by Crippen LogP contribution is 2.41. The molecular formula is C21H21FN2O5S. The maximum atomic E-state index is 13.4. The predicted octanol–water partition coefficient (Wildman–Crippen LogP) is 3.19.